The summed E-state index contributed by atoms with van der Waals surface area (Å²) in [5.41, 5.74) is 3.95. The van der Waals surface area contributed by atoms with Gasteiger partial charge in [-0.1, -0.05) is 6.07 Å². The number of hydrogen-bond donors (Lipinski definition) is 1. The number of aromatic nitrogens is 1. The Morgan fingerprint density at radius 3 is 2.55 bits per heavy atom. The molecule has 0 aliphatic rings. The fourth-order valence-electron chi connectivity index (χ4n) is 2.25. The van der Waals surface area contributed by atoms with E-state index in [-0.39, 0.29) is 11.9 Å². The molecule has 2 rings (SSSR count). The minimum Gasteiger partial charge on any atom is -0.496 e. The molecule has 0 saturated carbocycles. The molecular weight excluding hydrogens is 255 g/mol. The Kier molecular flexibility index (Phi) is 4.23. The summed E-state index contributed by atoms with van der Waals surface area (Å²) in [5.74, 6) is 0.559. The highest BCUT2D eigenvalue weighted by molar-refractivity contribution is 5.60. The molecule has 0 radical (unpaired) electrons. The summed E-state index contributed by atoms with van der Waals surface area (Å²) in [4.78, 5) is 4.10. The van der Waals surface area contributed by atoms with Crippen molar-refractivity contribution in [3.8, 4) is 5.75 Å². The van der Waals surface area contributed by atoms with E-state index in [0.717, 1.165) is 28.3 Å². The van der Waals surface area contributed by atoms with Crippen molar-refractivity contribution in [3.05, 3.63) is 53.1 Å². The maximum absolute atomic E-state index is 12.9. The summed E-state index contributed by atoms with van der Waals surface area (Å²) in [5, 5.41) is 3.38. The van der Waals surface area contributed by atoms with Gasteiger partial charge in [0.15, 0.2) is 0 Å². The lowest BCUT2D eigenvalue weighted by atomic mass is 10.1. The predicted molar refractivity (Wildman–Crippen MR) is 78.7 cm³/mol. The van der Waals surface area contributed by atoms with Crippen LogP contribution in [0.15, 0.2) is 30.5 Å². The van der Waals surface area contributed by atoms with E-state index in [9.17, 15) is 4.39 Å². The normalized spacial score (nSPS) is 12.1. The van der Waals surface area contributed by atoms with E-state index in [1.807, 2.05) is 32.9 Å². The summed E-state index contributed by atoms with van der Waals surface area (Å²) in [7, 11) is 1.67. The first-order valence-corrected chi connectivity index (χ1v) is 6.55. The number of nitrogens with one attached hydrogen (secondary N) is 1. The number of hydrogen-bond acceptors (Lipinski definition) is 3. The van der Waals surface area contributed by atoms with Crippen molar-refractivity contribution in [2.75, 3.05) is 12.4 Å². The number of halogens is 1. The summed E-state index contributed by atoms with van der Waals surface area (Å²) in [6, 6.07) is 7.13. The van der Waals surface area contributed by atoms with Gasteiger partial charge < -0.3 is 10.1 Å². The molecule has 20 heavy (non-hydrogen) atoms. The monoisotopic (exact) mass is 274 g/mol. The molecule has 0 amide bonds. The fourth-order valence-corrected chi connectivity index (χ4v) is 2.25. The largest absolute Gasteiger partial charge is 0.496 e. The molecule has 106 valence electrons. The molecule has 0 bridgehead atoms. The lowest BCUT2D eigenvalue weighted by Crippen LogP contribution is -2.10. The first-order chi connectivity index (χ1) is 9.52. The molecule has 1 heterocycles. The van der Waals surface area contributed by atoms with Gasteiger partial charge in [0, 0.05) is 11.3 Å². The Bertz CT molecular complexity index is 596. The van der Waals surface area contributed by atoms with E-state index >= 15 is 0 Å². The highest BCUT2D eigenvalue weighted by Crippen LogP contribution is 2.31. The molecule has 0 aliphatic carbocycles. The Balaban J connectivity index is 2.23. The second-order valence-electron chi connectivity index (χ2n) is 4.86. The van der Waals surface area contributed by atoms with E-state index in [4.69, 9.17) is 4.74 Å². The maximum Gasteiger partial charge on any atom is 0.141 e. The summed E-state index contributed by atoms with van der Waals surface area (Å²) in [6.45, 7) is 6.02. The van der Waals surface area contributed by atoms with Gasteiger partial charge in [0.25, 0.3) is 0 Å². The molecule has 1 aromatic heterocycles. The smallest absolute Gasteiger partial charge is 0.141 e. The summed E-state index contributed by atoms with van der Waals surface area (Å²) < 4.78 is 18.3. The van der Waals surface area contributed by atoms with E-state index < -0.39 is 0 Å². The Hall–Kier alpha value is -2.10. The molecule has 1 atom stereocenters. The van der Waals surface area contributed by atoms with Crippen molar-refractivity contribution < 1.29 is 9.13 Å². The number of benzene rings is 1. The van der Waals surface area contributed by atoms with Crippen molar-refractivity contribution in [2.45, 2.75) is 26.8 Å². The van der Waals surface area contributed by atoms with Crippen LogP contribution in [0.2, 0.25) is 0 Å². The molecule has 4 heteroatoms. The average Bonchev–Trinajstić information content (AvgIpc) is 2.43. The third-order valence-corrected chi connectivity index (χ3v) is 3.37. The van der Waals surface area contributed by atoms with Gasteiger partial charge in [-0.05, 0) is 44.5 Å². The van der Waals surface area contributed by atoms with Crippen LogP contribution in [0.1, 0.15) is 29.8 Å². The van der Waals surface area contributed by atoms with Crippen LogP contribution >= 0.6 is 0 Å². The topological polar surface area (TPSA) is 34.1 Å². The molecule has 0 aliphatic heterocycles. The number of anilines is 1. The van der Waals surface area contributed by atoms with Crippen LogP contribution in [0.5, 0.6) is 5.75 Å². The summed E-state index contributed by atoms with van der Waals surface area (Å²) >= 11 is 0. The van der Waals surface area contributed by atoms with Gasteiger partial charge in [0.2, 0.25) is 0 Å². The minimum absolute atomic E-state index is 0.0123. The Morgan fingerprint density at radius 2 is 1.95 bits per heavy atom. The lowest BCUT2D eigenvalue weighted by Gasteiger charge is -2.19. The molecular formula is C16H19FN2O. The Labute approximate surface area is 118 Å². The van der Waals surface area contributed by atoms with Crippen molar-refractivity contribution in [1.82, 2.24) is 4.98 Å². The number of aryl methyl sites for hydroxylation is 1. The van der Waals surface area contributed by atoms with Crippen LogP contribution in [0.4, 0.5) is 10.1 Å². The number of pyridine rings is 1. The van der Waals surface area contributed by atoms with Crippen LogP contribution in [0, 0.1) is 19.7 Å². The van der Waals surface area contributed by atoms with Gasteiger partial charge in [-0.2, -0.15) is 0 Å². The zero-order valence-corrected chi connectivity index (χ0v) is 12.2. The average molecular weight is 274 g/mol. The van der Waals surface area contributed by atoms with E-state index in [1.165, 1.54) is 12.3 Å². The number of nitrogens with zero attached hydrogens (tertiary/aromatic N) is 1. The molecule has 2 aromatic rings. The molecule has 0 saturated heterocycles. The van der Waals surface area contributed by atoms with Gasteiger partial charge >= 0.3 is 0 Å². The summed E-state index contributed by atoms with van der Waals surface area (Å²) in [6.07, 6.45) is 1.23. The lowest BCUT2D eigenvalue weighted by molar-refractivity contribution is 0.409. The van der Waals surface area contributed by atoms with E-state index in [2.05, 4.69) is 10.3 Å². The van der Waals surface area contributed by atoms with Crippen LogP contribution in [-0.4, -0.2) is 12.1 Å². The second-order valence-corrected chi connectivity index (χ2v) is 4.86. The zero-order chi connectivity index (χ0) is 14.7. The molecule has 0 fully saturated rings. The Morgan fingerprint density at radius 1 is 1.20 bits per heavy atom. The van der Waals surface area contributed by atoms with Gasteiger partial charge in [-0.15, -0.1) is 0 Å². The van der Waals surface area contributed by atoms with Gasteiger partial charge in [-0.3, -0.25) is 4.98 Å². The number of ether oxygens (including phenoxy) is 1. The molecule has 0 spiro atoms. The zero-order valence-electron chi connectivity index (χ0n) is 12.2. The third kappa shape index (κ3) is 2.90. The molecule has 1 aromatic carbocycles. The van der Waals surface area contributed by atoms with Crippen LogP contribution in [0.25, 0.3) is 0 Å². The minimum atomic E-state index is -0.325. The van der Waals surface area contributed by atoms with Gasteiger partial charge in [0.05, 0.1) is 25.0 Å². The highest BCUT2D eigenvalue weighted by atomic mass is 19.1. The standard InChI is InChI=1S/C16H19FN2O/c1-10-5-7-14(11(2)16(10)20-4)19-12(3)15-8-6-13(17)9-18-15/h5-9,12,19H,1-4H3. The maximum atomic E-state index is 12.9. The molecule has 1 unspecified atom stereocenters. The highest BCUT2D eigenvalue weighted by Gasteiger charge is 2.12. The van der Waals surface area contributed by atoms with Crippen molar-refractivity contribution in [1.29, 1.82) is 0 Å². The number of methoxy groups -OCH3 is 1. The first-order valence-electron chi connectivity index (χ1n) is 6.55. The van der Waals surface area contributed by atoms with Crippen molar-refractivity contribution in [3.63, 3.8) is 0 Å². The molecule has 3 nitrogen and oxygen atoms in total. The molecule has 1 N–H and O–H groups in total. The predicted octanol–water partition coefficient (Wildman–Crippen LogP) is 4.02. The van der Waals surface area contributed by atoms with E-state index in [0.29, 0.717) is 0 Å². The number of rotatable bonds is 4. The van der Waals surface area contributed by atoms with Crippen LogP contribution in [-0.2, 0) is 0 Å². The fraction of sp³-hybridized carbons (Fsp3) is 0.312. The van der Waals surface area contributed by atoms with Crippen LogP contribution in [0.3, 0.4) is 0 Å². The SMILES string of the molecule is COc1c(C)ccc(NC(C)c2ccc(F)cn2)c1C. The third-order valence-electron chi connectivity index (χ3n) is 3.37. The second kappa shape index (κ2) is 5.90. The van der Waals surface area contributed by atoms with Crippen molar-refractivity contribution >= 4 is 5.69 Å². The first kappa shape index (κ1) is 14.3. The van der Waals surface area contributed by atoms with Gasteiger partial charge in [0.1, 0.15) is 11.6 Å². The van der Waals surface area contributed by atoms with Crippen molar-refractivity contribution in [2.24, 2.45) is 0 Å². The van der Waals surface area contributed by atoms with E-state index in [1.54, 1.807) is 13.2 Å². The van der Waals surface area contributed by atoms with Gasteiger partial charge in [-0.25, -0.2) is 4.39 Å². The quantitative estimate of drug-likeness (QED) is 0.914. The van der Waals surface area contributed by atoms with Crippen LogP contribution < -0.4 is 10.1 Å².